The lowest BCUT2D eigenvalue weighted by atomic mass is 10.0. The lowest BCUT2D eigenvalue weighted by Crippen LogP contribution is -2.50. The highest BCUT2D eigenvalue weighted by atomic mass is 16.5. The summed E-state index contributed by atoms with van der Waals surface area (Å²) in [5, 5.41) is 9.94. The number of ether oxygens (including phenoxy) is 1. The maximum Gasteiger partial charge on any atom is 0.255 e. The van der Waals surface area contributed by atoms with Crippen molar-refractivity contribution in [3.05, 3.63) is 72.3 Å². The molecule has 2 amide bonds. The van der Waals surface area contributed by atoms with E-state index >= 15 is 0 Å². The first kappa shape index (κ1) is 22.0. The van der Waals surface area contributed by atoms with Crippen LogP contribution in [0.3, 0.4) is 0 Å². The molecule has 8 nitrogen and oxygen atoms in total. The van der Waals surface area contributed by atoms with Crippen LogP contribution < -0.4 is 15.4 Å². The number of carbonyl (C=O) groups excluding carboxylic acids is 2. The van der Waals surface area contributed by atoms with E-state index in [4.69, 9.17) is 4.74 Å². The van der Waals surface area contributed by atoms with Crippen LogP contribution in [0.4, 0.5) is 0 Å². The summed E-state index contributed by atoms with van der Waals surface area (Å²) in [7, 11) is 1.51. The summed E-state index contributed by atoms with van der Waals surface area (Å²) in [5.74, 6) is -0.230. The van der Waals surface area contributed by atoms with Crippen LogP contribution in [0.15, 0.2) is 61.2 Å². The number of carbonyl (C=O) groups is 2. The Balaban J connectivity index is 1.68. The fourth-order valence-electron chi connectivity index (χ4n) is 3.23. The molecule has 2 aromatic carbocycles. The van der Waals surface area contributed by atoms with Gasteiger partial charge in [0.1, 0.15) is 24.4 Å². The highest BCUT2D eigenvalue weighted by molar-refractivity contribution is 5.99. The van der Waals surface area contributed by atoms with Crippen molar-refractivity contribution in [1.82, 2.24) is 25.4 Å². The monoisotopic (exact) mass is 421 g/mol. The molecule has 1 aromatic heterocycles. The van der Waals surface area contributed by atoms with E-state index < -0.39 is 6.04 Å². The van der Waals surface area contributed by atoms with E-state index in [1.54, 1.807) is 35.3 Å². The fraction of sp³-hybridized carbons (Fsp3) is 0.304. The SMILES string of the molecule is COc1ccccc1C(=O)N[C@H](C(=O)NC(C)c1ccc(-n2cncn2)cc1)C(C)C. The molecule has 8 heteroatoms. The Labute approximate surface area is 181 Å². The third-order valence-electron chi connectivity index (χ3n) is 5.02. The number of aromatic nitrogens is 3. The summed E-state index contributed by atoms with van der Waals surface area (Å²) in [6, 6.07) is 13.7. The maximum atomic E-state index is 13.0. The van der Waals surface area contributed by atoms with Gasteiger partial charge in [-0.15, -0.1) is 0 Å². The van der Waals surface area contributed by atoms with Gasteiger partial charge in [0.05, 0.1) is 24.4 Å². The van der Waals surface area contributed by atoms with Gasteiger partial charge in [0.2, 0.25) is 5.91 Å². The quantitative estimate of drug-likeness (QED) is 0.583. The van der Waals surface area contributed by atoms with Crippen LogP contribution in [0.25, 0.3) is 5.69 Å². The number of hydrogen-bond donors (Lipinski definition) is 2. The lowest BCUT2D eigenvalue weighted by molar-refractivity contribution is -0.124. The van der Waals surface area contributed by atoms with Crippen molar-refractivity contribution in [3.63, 3.8) is 0 Å². The number of methoxy groups -OCH3 is 1. The Hall–Kier alpha value is -3.68. The molecule has 31 heavy (non-hydrogen) atoms. The minimum absolute atomic E-state index is 0.0967. The molecule has 0 saturated carbocycles. The first-order chi connectivity index (χ1) is 14.9. The summed E-state index contributed by atoms with van der Waals surface area (Å²) < 4.78 is 6.92. The molecule has 2 atom stereocenters. The van der Waals surface area contributed by atoms with Gasteiger partial charge in [-0.3, -0.25) is 9.59 Å². The zero-order chi connectivity index (χ0) is 22.4. The van der Waals surface area contributed by atoms with Gasteiger partial charge < -0.3 is 15.4 Å². The van der Waals surface area contributed by atoms with Gasteiger partial charge in [0, 0.05) is 0 Å². The summed E-state index contributed by atoms with van der Waals surface area (Å²) in [4.78, 5) is 29.7. The van der Waals surface area contributed by atoms with E-state index in [0.717, 1.165) is 11.3 Å². The second kappa shape index (κ2) is 9.88. The van der Waals surface area contributed by atoms with Gasteiger partial charge in [-0.1, -0.05) is 38.1 Å². The van der Waals surface area contributed by atoms with Crippen LogP contribution in [0, 0.1) is 5.92 Å². The van der Waals surface area contributed by atoms with Gasteiger partial charge in [0.25, 0.3) is 5.91 Å². The molecule has 0 spiro atoms. The molecule has 3 aromatic rings. The third kappa shape index (κ3) is 5.28. The lowest BCUT2D eigenvalue weighted by Gasteiger charge is -2.24. The predicted octanol–water partition coefficient (Wildman–Crippen LogP) is 2.91. The molecule has 1 unspecified atom stereocenters. The van der Waals surface area contributed by atoms with Crippen molar-refractivity contribution in [3.8, 4) is 11.4 Å². The van der Waals surface area contributed by atoms with Crippen molar-refractivity contribution in [2.24, 2.45) is 5.92 Å². The molecule has 0 radical (unpaired) electrons. The normalized spacial score (nSPS) is 12.8. The first-order valence-electron chi connectivity index (χ1n) is 10.1. The van der Waals surface area contributed by atoms with Gasteiger partial charge in [-0.25, -0.2) is 9.67 Å². The van der Waals surface area contributed by atoms with Gasteiger partial charge >= 0.3 is 0 Å². The Bertz CT molecular complexity index is 1020. The van der Waals surface area contributed by atoms with E-state index in [1.807, 2.05) is 45.0 Å². The molecule has 0 aliphatic heterocycles. The number of nitrogens with one attached hydrogen (secondary N) is 2. The molecular weight excluding hydrogens is 394 g/mol. The van der Waals surface area contributed by atoms with E-state index in [2.05, 4.69) is 20.7 Å². The number of para-hydroxylation sites is 1. The van der Waals surface area contributed by atoms with E-state index in [-0.39, 0.29) is 23.8 Å². The highest BCUT2D eigenvalue weighted by Crippen LogP contribution is 2.19. The molecule has 1 heterocycles. The van der Waals surface area contributed by atoms with Crippen LogP contribution in [0.5, 0.6) is 5.75 Å². The Kier molecular flexibility index (Phi) is 7.02. The van der Waals surface area contributed by atoms with E-state index in [9.17, 15) is 9.59 Å². The van der Waals surface area contributed by atoms with E-state index in [1.165, 1.54) is 13.4 Å². The standard InChI is InChI=1S/C23H27N5O3/c1-15(2)21(27-22(29)19-7-5-6-8-20(19)31-4)23(30)26-16(3)17-9-11-18(12-10-17)28-14-24-13-25-28/h5-16,21H,1-4H3,(H,26,30)(H,27,29)/t16?,21-/m0/s1. The second-order valence-corrected chi connectivity index (χ2v) is 7.56. The number of benzene rings is 2. The average molecular weight is 422 g/mol. The van der Waals surface area contributed by atoms with Crippen molar-refractivity contribution < 1.29 is 14.3 Å². The molecule has 0 fully saturated rings. The largest absolute Gasteiger partial charge is 0.496 e. The minimum Gasteiger partial charge on any atom is -0.496 e. The fourth-order valence-corrected chi connectivity index (χ4v) is 3.23. The number of hydrogen-bond acceptors (Lipinski definition) is 5. The molecule has 0 aliphatic rings. The van der Waals surface area contributed by atoms with Crippen LogP contribution in [-0.2, 0) is 4.79 Å². The Morgan fingerprint density at radius 2 is 1.71 bits per heavy atom. The van der Waals surface area contributed by atoms with Crippen molar-refractivity contribution in [1.29, 1.82) is 0 Å². The van der Waals surface area contributed by atoms with Gasteiger partial charge in [-0.2, -0.15) is 5.10 Å². The number of rotatable bonds is 8. The summed E-state index contributed by atoms with van der Waals surface area (Å²) in [6.07, 6.45) is 3.10. The summed E-state index contributed by atoms with van der Waals surface area (Å²) >= 11 is 0. The minimum atomic E-state index is -0.686. The Morgan fingerprint density at radius 3 is 2.32 bits per heavy atom. The highest BCUT2D eigenvalue weighted by Gasteiger charge is 2.27. The van der Waals surface area contributed by atoms with Gasteiger partial charge in [-0.05, 0) is 42.7 Å². The van der Waals surface area contributed by atoms with Crippen LogP contribution in [0.1, 0.15) is 42.7 Å². The Morgan fingerprint density at radius 1 is 1.00 bits per heavy atom. The average Bonchev–Trinajstić information content (AvgIpc) is 3.32. The predicted molar refractivity (Wildman–Crippen MR) is 117 cm³/mol. The van der Waals surface area contributed by atoms with Crippen molar-refractivity contribution in [2.75, 3.05) is 7.11 Å². The van der Waals surface area contributed by atoms with Crippen LogP contribution in [-0.4, -0.2) is 39.7 Å². The molecule has 3 rings (SSSR count). The molecule has 0 aliphatic carbocycles. The van der Waals surface area contributed by atoms with Crippen LogP contribution >= 0.6 is 0 Å². The van der Waals surface area contributed by atoms with E-state index in [0.29, 0.717) is 11.3 Å². The smallest absolute Gasteiger partial charge is 0.255 e. The molecule has 0 saturated heterocycles. The molecule has 2 N–H and O–H groups in total. The van der Waals surface area contributed by atoms with Crippen molar-refractivity contribution in [2.45, 2.75) is 32.9 Å². The topological polar surface area (TPSA) is 98.1 Å². The zero-order valence-corrected chi connectivity index (χ0v) is 18.1. The maximum absolute atomic E-state index is 13.0. The second-order valence-electron chi connectivity index (χ2n) is 7.56. The first-order valence-corrected chi connectivity index (χ1v) is 10.1. The molecule has 0 bridgehead atoms. The van der Waals surface area contributed by atoms with Crippen molar-refractivity contribution >= 4 is 11.8 Å². The van der Waals surface area contributed by atoms with Crippen LogP contribution in [0.2, 0.25) is 0 Å². The third-order valence-corrected chi connectivity index (χ3v) is 5.02. The van der Waals surface area contributed by atoms with Gasteiger partial charge in [0.15, 0.2) is 0 Å². The zero-order valence-electron chi connectivity index (χ0n) is 18.1. The molecular formula is C23H27N5O3. The number of nitrogens with zero attached hydrogens (tertiary/aromatic N) is 3. The summed E-state index contributed by atoms with van der Waals surface area (Å²) in [5.41, 5.74) is 2.21. The number of amides is 2. The summed E-state index contributed by atoms with van der Waals surface area (Å²) in [6.45, 7) is 5.69. The molecule has 162 valence electrons.